The number of nitrogens with zero attached hydrogens (tertiary/aromatic N) is 1. The highest BCUT2D eigenvalue weighted by molar-refractivity contribution is 6.33. The first kappa shape index (κ1) is 14.0. The van der Waals surface area contributed by atoms with Crippen molar-refractivity contribution < 1.29 is 4.74 Å². The molecule has 2 aromatic rings. The molecule has 3 N–H and O–H groups in total. The summed E-state index contributed by atoms with van der Waals surface area (Å²) in [5, 5.41) is 12.4. The molecule has 0 spiro atoms. The molecule has 0 fully saturated rings. The average Bonchev–Trinajstić information content (AvgIpc) is 2.45. The summed E-state index contributed by atoms with van der Waals surface area (Å²) in [6.07, 6.45) is 0. The molecule has 102 valence electrons. The van der Waals surface area contributed by atoms with Crippen molar-refractivity contribution in [1.29, 1.82) is 5.26 Å². The largest absolute Gasteiger partial charge is 0.492 e. The van der Waals surface area contributed by atoms with Gasteiger partial charge in [0.1, 0.15) is 5.75 Å². The summed E-state index contributed by atoms with van der Waals surface area (Å²) < 4.78 is 5.44. The van der Waals surface area contributed by atoms with Gasteiger partial charge in [0.2, 0.25) is 0 Å². The second kappa shape index (κ2) is 6.18. The van der Waals surface area contributed by atoms with E-state index >= 15 is 0 Å². The quantitative estimate of drug-likeness (QED) is 0.836. The number of halogens is 1. The molecule has 0 bridgehead atoms. The lowest BCUT2D eigenvalue weighted by Crippen LogP contribution is -2.01. The van der Waals surface area contributed by atoms with Crippen LogP contribution in [0.5, 0.6) is 5.75 Å². The van der Waals surface area contributed by atoms with E-state index in [4.69, 9.17) is 27.3 Å². The van der Waals surface area contributed by atoms with Gasteiger partial charge in [0.05, 0.1) is 40.3 Å². The summed E-state index contributed by atoms with van der Waals surface area (Å²) in [5.74, 6) is 0.627. The molecule has 0 heterocycles. The van der Waals surface area contributed by atoms with E-state index in [0.717, 1.165) is 0 Å². The van der Waals surface area contributed by atoms with E-state index in [1.165, 1.54) is 0 Å². The number of nitriles is 1. The number of anilines is 3. The van der Waals surface area contributed by atoms with E-state index in [2.05, 4.69) is 5.32 Å². The number of nitrogen functional groups attached to an aromatic ring is 1. The zero-order valence-electron chi connectivity index (χ0n) is 11.0. The molecule has 4 nitrogen and oxygen atoms in total. The Bertz CT molecular complexity index is 665. The van der Waals surface area contributed by atoms with Crippen LogP contribution in [0.4, 0.5) is 17.1 Å². The fourth-order valence-electron chi connectivity index (χ4n) is 1.77. The van der Waals surface area contributed by atoms with Gasteiger partial charge in [-0.1, -0.05) is 17.7 Å². The Morgan fingerprint density at radius 2 is 2.10 bits per heavy atom. The van der Waals surface area contributed by atoms with Crippen molar-refractivity contribution in [3.8, 4) is 11.8 Å². The average molecular weight is 288 g/mol. The number of ether oxygens (including phenoxy) is 1. The predicted octanol–water partition coefficient (Wildman–Crippen LogP) is 3.94. The molecule has 0 atom stereocenters. The van der Waals surface area contributed by atoms with E-state index in [0.29, 0.717) is 40.0 Å². The molecule has 0 aliphatic heterocycles. The van der Waals surface area contributed by atoms with Crippen LogP contribution < -0.4 is 15.8 Å². The fraction of sp³-hybridized carbons (Fsp3) is 0.133. The number of nitrogens with two attached hydrogens (primary N) is 1. The van der Waals surface area contributed by atoms with Crippen LogP contribution in [0.15, 0.2) is 36.4 Å². The second-order valence-corrected chi connectivity index (χ2v) is 4.49. The minimum absolute atomic E-state index is 0.463. The van der Waals surface area contributed by atoms with Gasteiger partial charge in [-0.05, 0) is 37.3 Å². The smallest absolute Gasteiger partial charge is 0.144 e. The van der Waals surface area contributed by atoms with Gasteiger partial charge >= 0.3 is 0 Å². The number of rotatable bonds is 4. The Labute approximate surface area is 122 Å². The zero-order chi connectivity index (χ0) is 14.5. The summed E-state index contributed by atoms with van der Waals surface area (Å²) in [6.45, 7) is 2.45. The van der Waals surface area contributed by atoms with Crippen LogP contribution in [0.1, 0.15) is 12.5 Å². The van der Waals surface area contributed by atoms with Crippen LogP contribution >= 0.6 is 11.6 Å². The Morgan fingerprint density at radius 1 is 1.30 bits per heavy atom. The Kier molecular flexibility index (Phi) is 4.34. The van der Waals surface area contributed by atoms with E-state index in [-0.39, 0.29) is 0 Å². The maximum absolute atomic E-state index is 8.82. The van der Waals surface area contributed by atoms with Gasteiger partial charge in [0.15, 0.2) is 0 Å². The van der Waals surface area contributed by atoms with Crippen molar-refractivity contribution in [2.75, 3.05) is 17.7 Å². The molecular weight excluding hydrogens is 274 g/mol. The zero-order valence-corrected chi connectivity index (χ0v) is 11.7. The van der Waals surface area contributed by atoms with E-state index in [1.807, 2.05) is 31.2 Å². The van der Waals surface area contributed by atoms with Gasteiger partial charge in [-0.25, -0.2) is 0 Å². The van der Waals surface area contributed by atoms with Crippen LogP contribution in [0.2, 0.25) is 5.02 Å². The van der Waals surface area contributed by atoms with E-state index < -0.39 is 0 Å². The number of hydrogen-bond acceptors (Lipinski definition) is 4. The number of hydrogen-bond donors (Lipinski definition) is 2. The molecule has 0 aliphatic carbocycles. The van der Waals surface area contributed by atoms with Gasteiger partial charge in [0.25, 0.3) is 0 Å². The van der Waals surface area contributed by atoms with Gasteiger partial charge in [0, 0.05) is 0 Å². The summed E-state index contributed by atoms with van der Waals surface area (Å²) in [5.41, 5.74) is 8.47. The normalized spacial score (nSPS) is 9.85. The van der Waals surface area contributed by atoms with Crippen LogP contribution in [0.25, 0.3) is 0 Å². The molecule has 0 saturated carbocycles. The number of benzene rings is 2. The lowest BCUT2D eigenvalue weighted by Gasteiger charge is -2.14. The van der Waals surface area contributed by atoms with Crippen molar-refractivity contribution in [3.63, 3.8) is 0 Å². The van der Waals surface area contributed by atoms with Gasteiger partial charge in [-0.2, -0.15) is 5.26 Å². The molecule has 0 radical (unpaired) electrons. The SMILES string of the molecule is CCOc1cccc(Nc2ccc(C#N)cc2Cl)c1N. The molecule has 5 heteroatoms. The molecule has 0 aromatic heterocycles. The minimum atomic E-state index is 0.463. The molecule has 0 saturated heterocycles. The third kappa shape index (κ3) is 2.95. The third-order valence-corrected chi connectivity index (χ3v) is 3.05. The minimum Gasteiger partial charge on any atom is -0.492 e. The first-order valence-corrected chi connectivity index (χ1v) is 6.51. The molecule has 2 aromatic carbocycles. The molecular formula is C15H14ClN3O. The van der Waals surface area contributed by atoms with Gasteiger partial charge in [-0.3, -0.25) is 0 Å². The summed E-state index contributed by atoms with van der Waals surface area (Å²) in [6, 6.07) is 12.6. The summed E-state index contributed by atoms with van der Waals surface area (Å²) in [4.78, 5) is 0. The van der Waals surface area contributed by atoms with Crippen LogP contribution in [-0.4, -0.2) is 6.61 Å². The summed E-state index contributed by atoms with van der Waals surface area (Å²) in [7, 11) is 0. The first-order chi connectivity index (χ1) is 9.65. The fourth-order valence-corrected chi connectivity index (χ4v) is 1.99. The highest BCUT2D eigenvalue weighted by Crippen LogP contribution is 2.33. The van der Waals surface area contributed by atoms with Crippen LogP contribution in [0.3, 0.4) is 0 Å². The monoisotopic (exact) mass is 287 g/mol. The van der Waals surface area contributed by atoms with Crippen LogP contribution in [-0.2, 0) is 0 Å². The third-order valence-electron chi connectivity index (χ3n) is 2.73. The van der Waals surface area contributed by atoms with Gasteiger partial charge in [-0.15, -0.1) is 0 Å². The van der Waals surface area contributed by atoms with Gasteiger partial charge < -0.3 is 15.8 Å². The van der Waals surface area contributed by atoms with E-state index in [9.17, 15) is 0 Å². The summed E-state index contributed by atoms with van der Waals surface area (Å²) >= 11 is 6.13. The maximum Gasteiger partial charge on any atom is 0.144 e. The van der Waals surface area contributed by atoms with E-state index in [1.54, 1.807) is 18.2 Å². The topological polar surface area (TPSA) is 71.1 Å². The highest BCUT2D eigenvalue weighted by Gasteiger charge is 2.08. The van der Waals surface area contributed by atoms with Crippen molar-refractivity contribution in [3.05, 3.63) is 47.0 Å². The molecule has 0 aliphatic rings. The molecule has 20 heavy (non-hydrogen) atoms. The first-order valence-electron chi connectivity index (χ1n) is 6.13. The maximum atomic E-state index is 8.82. The van der Waals surface area contributed by atoms with Crippen LogP contribution in [0, 0.1) is 11.3 Å². The second-order valence-electron chi connectivity index (χ2n) is 4.08. The molecule has 0 amide bonds. The lowest BCUT2D eigenvalue weighted by molar-refractivity contribution is 0.342. The Balaban J connectivity index is 2.31. The lowest BCUT2D eigenvalue weighted by atomic mass is 10.2. The predicted molar refractivity (Wildman–Crippen MR) is 81.5 cm³/mol. The van der Waals surface area contributed by atoms with Crippen molar-refractivity contribution in [1.82, 2.24) is 0 Å². The van der Waals surface area contributed by atoms with Crippen molar-refractivity contribution >= 4 is 28.7 Å². The molecule has 2 rings (SSSR count). The molecule has 0 unspecified atom stereocenters. The standard InChI is InChI=1S/C15H14ClN3O/c1-2-20-14-5-3-4-13(15(14)18)19-12-7-6-10(9-17)8-11(12)16/h3-8,19H,2,18H2,1H3. The van der Waals surface area contributed by atoms with Crippen molar-refractivity contribution in [2.24, 2.45) is 0 Å². The Morgan fingerprint density at radius 3 is 2.75 bits per heavy atom. The number of nitrogens with one attached hydrogen (secondary N) is 1. The Hall–Kier alpha value is -2.38. The highest BCUT2D eigenvalue weighted by atomic mass is 35.5. The number of para-hydroxylation sites is 1. The van der Waals surface area contributed by atoms with Crippen molar-refractivity contribution in [2.45, 2.75) is 6.92 Å².